The van der Waals surface area contributed by atoms with Gasteiger partial charge in [0, 0.05) is 10.9 Å². The Balaban J connectivity index is 1.46. The predicted octanol–water partition coefficient (Wildman–Crippen LogP) is 4.29. The molecule has 25 heavy (non-hydrogen) atoms. The van der Waals surface area contributed by atoms with Crippen LogP contribution in [0.3, 0.4) is 0 Å². The molecule has 0 fully saturated rings. The lowest BCUT2D eigenvalue weighted by molar-refractivity contribution is -0.113. The monoisotopic (exact) mass is 372 g/mol. The number of nitrogens with zero attached hydrogens (tertiary/aromatic N) is 3. The van der Waals surface area contributed by atoms with Crippen molar-refractivity contribution in [1.82, 2.24) is 14.5 Å². The molecule has 3 aromatic rings. The molecule has 4 rings (SSSR count). The standard InChI is InChI=1S/C18H20N4OS2/c1-11(2)22-14-8-4-3-6-12(14)20-18(22)24-10-16(23)21-17-19-13-7-5-9-15(13)25-17/h3-4,6,8,11H,5,7,9-10H2,1-2H3,(H,19,21,23). The zero-order valence-electron chi connectivity index (χ0n) is 14.3. The smallest absolute Gasteiger partial charge is 0.236 e. The molecule has 0 saturated carbocycles. The van der Waals surface area contributed by atoms with Gasteiger partial charge in [0.1, 0.15) is 0 Å². The Morgan fingerprint density at radius 2 is 2.16 bits per heavy atom. The molecular formula is C18H20N4OS2. The first-order valence-electron chi connectivity index (χ1n) is 8.50. The largest absolute Gasteiger partial charge is 0.316 e. The number of fused-ring (bicyclic) bond motifs is 2. The fourth-order valence-corrected chi connectivity index (χ4v) is 5.16. The summed E-state index contributed by atoms with van der Waals surface area (Å²) < 4.78 is 2.19. The van der Waals surface area contributed by atoms with E-state index in [0.29, 0.717) is 11.8 Å². The minimum atomic E-state index is -0.0280. The molecule has 0 unspecified atom stereocenters. The molecule has 5 nitrogen and oxygen atoms in total. The van der Waals surface area contributed by atoms with Crippen LogP contribution in [0.4, 0.5) is 5.13 Å². The number of hydrogen-bond acceptors (Lipinski definition) is 5. The summed E-state index contributed by atoms with van der Waals surface area (Å²) in [6.45, 7) is 4.27. The van der Waals surface area contributed by atoms with Crippen molar-refractivity contribution >= 4 is 45.2 Å². The molecule has 0 spiro atoms. The van der Waals surface area contributed by atoms with Gasteiger partial charge in [-0.3, -0.25) is 4.79 Å². The molecule has 1 aliphatic rings. The van der Waals surface area contributed by atoms with E-state index < -0.39 is 0 Å². The van der Waals surface area contributed by atoms with Crippen molar-refractivity contribution < 1.29 is 4.79 Å². The zero-order valence-corrected chi connectivity index (χ0v) is 15.9. The summed E-state index contributed by atoms with van der Waals surface area (Å²) in [5.74, 6) is 0.306. The summed E-state index contributed by atoms with van der Waals surface area (Å²) in [5.41, 5.74) is 3.24. The number of imidazole rings is 1. The highest BCUT2D eigenvalue weighted by atomic mass is 32.2. The maximum atomic E-state index is 12.3. The van der Waals surface area contributed by atoms with Crippen LogP contribution in [0.2, 0.25) is 0 Å². The van der Waals surface area contributed by atoms with Gasteiger partial charge in [0.05, 0.1) is 22.5 Å². The van der Waals surface area contributed by atoms with Gasteiger partial charge in [-0.1, -0.05) is 23.9 Å². The Labute approximate surface area is 154 Å². The molecule has 0 radical (unpaired) electrons. The molecule has 0 bridgehead atoms. The lowest BCUT2D eigenvalue weighted by atomic mass is 10.3. The highest BCUT2D eigenvalue weighted by Gasteiger charge is 2.19. The molecule has 2 heterocycles. The number of anilines is 1. The van der Waals surface area contributed by atoms with Crippen molar-refractivity contribution in [3.8, 4) is 0 Å². The molecule has 1 aliphatic carbocycles. The first kappa shape index (κ1) is 16.6. The molecule has 1 N–H and O–H groups in total. The van der Waals surface area contributed by atoms with Crippen LogP contribution in [0.1, 0.15) is 36.9 Å². The molecule has 7 heteroatoms. The number of thiazole rings is 1. The highest BCUT2D eigenvalue weighted by molar-refractivity contribution is 7.99. The number of aromatic nitrogens is 3. The van der Waals surface area contributed by atoms with Crippen molar-refractivity contribution in [3.05, 3.63) is 34.8 Å². The third kappa shape index (κ3) is 3.30. The quantitative estimate of drug-likeness (QED) is 0.679. The van der Waals surface area contributed by atoms with Crippen LogP contribution in [0, 0.1) is 0 Å². The van der Waals surface area contributed by atoms with Gasteiger partial charge in [0.15, 0.2) is 10.3 Å². The number of rotatable bonds is 5. The molecule has 2 aromatic heterocycles. The second-order valence-electron chi connectivity index (χ2n) is 6.43. The normalized spacial score (nSPS) is 13.6. The fraction of sp³-hybridized carbons (Fsp3) is 0.389. The Kier molecular flexibility index (Phi) is 4.52. The van der Waals surface area contributed by atoms with E-state index in [0.717, 1.165) is 39.9 Å². The Morgan fingerprint density at radius 1 is 1.32 bits per heavy atom. The molecule has 0 saturated heterocycles. The van der Waals surface area contributed by atoms with Crippen molar-refractivity contribution in [1.29, 1.82) is 0 Å². The first-order chi connectivity index (χ1) is 12.1. The molecule has 0 atom stereocenters. The van der Waals surface area contributed by atoms with Crippen LogP contribution in [-0.2, 0) is 17.6 Å². The maximum Gasteiger partial charge on any atom is 0.236 e. The summed E-state index contributed by atoms with van der Waals surface area (Å²) in [6, 6.07) is 8.38. The van der Waals surface area contributed by atoms with Gasteiger partial charge in [-0.05, 0) is 45.2 Å². The van der Waals surface area contributed by atoms with Gasteiger partial charge in [0.25, 0.3) is 0 Å². The van der Waals surface area contributed by atoms with Crippen LogP contribution in [0.25, 0.3) is 11.0 Å². The summed E-state index contributed by atoms with van der Waals surface area (Å²) in [5, 5.41) is 4.55. The van der Waals surface area contributed by atoms with E-state index in [4.69, 9.17) is 0 Å². The number of benzene rings is 1. The number of amides is 1. The summed E-state index contributed by atoms with van der Waals surface area (Å²) in [4.78, 5) is 22.8. The molecule has 1 aromatic carbocycles. The van der Waals surface area contributed by atoms with Crippen LogP contribution in [0.15, 0.2) is 29.4 Å². The van der Waals surface area contributed by atoms with E-state index in [-0.39, 0.29) is 5.91 Å². The van der Waals surface area contributed by atoms with E-state index in [1.807, 2.05) is 18.2 Å². The van der Waals surface area contributed by atoms with E-state index in [2.05, 4.69) is 39.8 Å². The average Bonchev–Trinajstić information content (AvgIpc) is 3.24. The summed E-state index contributed by atoms with van der Waals surface area (Å²) >= 11 is 3.09. The van der Waals surface area contributed by atoms with Crippen molar-refractivity contribution in [2.75, 3.05) is 11.1 Å². The Bertz CT molecular complexity index is 907. The third-order valence-corrected chi connectivity index (χ3v) is 6.28. The van der Waals surface area contributed by atoms with Crippen molar-refractivity contribution in [2.24, 2.45) is 0 Å². The second-order valence-corrected chi connectivity index (χ2v) is 8.45. The van der Waals surface area contributed by atoms with Gasteiger partial charge in [-0.2, -0.15) is 0 Å². The first-order valence-corrected chi connectivity index (χ1v) is 10.3. The molecule has 130 valence electrons. The van der Waals surface area contributed by atoms with Gasteiger partial charge in [-0.25, -0.2) is 9.97 Å². The number of thioether (sulfide) groups is 1. The predicted molar refractivity (Wildman–Crippen MR) is 104 cm³/mol. The number of aryl methyl sites for hydroxylation is 2. The SMILES string of the molecule is CC(C)n1c(SCC(=O)Nc2nc3c(s2)CCC3)nc2ccccc21. The number of carbonyl (C=O) groups is 1. The minimum Gasteiger partial charge on any atom is -0.316 e. The summed E-state index contributed by atoms with van der Waals surface area (Å²) in [6.07, 6.45) is 3.31. The van der Waals surface area contributed by atoms with Crippen LogP contribution in [0.5, 0.6) is 0 Å². The van der Waals surface area contributed by atoms with Crippen molar-refractivity contribution in [2.45, 2.75) is 44.3 Å². The molecular weight excluding hydrogens is 352 g/mol. The average molecular weight is 373 g/mol. The lowest BCUT2D eigenvalue weighted by Crippen LogP contribution is -2.14. The van der Waals surface area contributed by atoms with E-state index >= 15 is 0 Å². The van der Waals surface area contributed by atoms with Gasteiger partial charge in [0.2, 0.25) is 5.91 Å². The fourth-order valence-electron chi connectivity index (χ4n) is 3.15. The molecule has 1 amide bonds. The Hall–Kier alpha value is -1.86. The highest BCUT2D eigenvalue weighted by Crippen LogP contribution is 2.31. The van der Waals surface area contributed by atoms with E-state index in [1.165, 1.54) is 23.1 Å². The van der Waals surface area contributed by atoms with Crippen LogP contribution >= 0.6 is 23.1 Å². The maximum absolute atomic E-state index is 12.3. The summed E-state index contributed by atoms with van der Waals surface area (Å²) in [7, 11) is 0. The zero-order chi connectivity index (χ0) is 17.4. The van der Waals surface area contributed by atoms with E-state index in [9.17, 15) is 4.79 Å². The number of para-hydroxylation sites is 2. The van der Waals surface area contributed by atoms with Gasteiger partial charge >= 0.3 is 0 Å². The second kappa shape index (κ2) is 6.80. The van der Waals surface area contributed by atoms with E-state index in [1.54, 1.807) is 11.3 Å². The Morgan fingerprint density at radius 3 is 2.96 bits per heavy atom. The minimum absolute atomic E-state index is 0.0280. The van der Waals surface area contributed by atoms with Crippen LogP contribution < -0.4 is 5.32 Å². The van der Waals surface area contributed by atoms with Gasteiger partial charge < -0.3 is 9.88 Å². The van der Waals surface area contributed by atoms with Crippen LogP contribution in [-0.4, -0.2) is 26.2 Å². The topological polar surface area (TPSA) is 59.8 Å². The lowest BCUT2D eigenvalue weighted by Gasteiger charge is -2.12. The van der Waals surface area contributed by atoms with Gasteiger partial charge in [-0.15, -0.1) is 11.3 Å². The number of nitrogens with one attached hydrogen (secondary N) is 1. The third-order valence-electron chi connectivity index (χ3n) is 4.25. The number of hydrogen-bond donors (Lipinski definition) is 1. The molecule has 0 aliphatic heterocycles. The number of carbonyl (C=O) groups excluding carboxylic acids is 1. The van der Waals surface area contributed by atoms with Crippen molar-refractivity contribution in [3.63, 3.8) is 0 Å².